The van der Waals surface area contributed by atoms with Crippen LogP contribution in [0.5, 0.6) is 5.75 Å². The van der Waals surface area contributed by atoms with E-state index in [0.29, 0.717) is 13.0 Å². The third-order valence-corrected chi connectivity index (χ3v) is 14.6. The molecule has 190 valence electrons. The van der Waals surface area contributed by atoms with E-state index >= 15 is 0 Å². The van der Waals surface area contributed by atoms with Crippen molar-refractivity contribution in [1.29, 1.82) is 0 Å². The van der Waals surface area contributed by atoms with Crippen LogP contribution in [0.4, 0.5) is 0 Å². The monoisotopic (exact) mass is 526 g/mol. The molecule has 0 aliphatic heterocycles. The maximum atomic E-state index is 10.9. The van der Waals surface area contributed by atoms with Crippen molar-refractivity contribution in [3.8, 4) is 5.75 Å². The number of hydrogen-bond acceptors (Lipinski definition) is 8. The summed E-state index contributed by atoms with van der Waals surface area (Å²) in [6.45, 7) is 7.81. The fourth-order valence-corrected chi connectivity index (χ4v) is 11.6. The van der Waals surface area contributed by atoms with Crippen molar-refractivity contribution < 1.29 is 35.8 Å². The lowest BCUT2D eigenvalue weighted by molar-refractivity contribution is 0.0944. The highest BCUT2D eigenvalue weighted by Gasteiger charge is 2.51. The molecule has 0 saturated carbocycles. The lowest BCUT2D eigenvalue weighted by Crippen LogP contribution is -2.60. The van der Waals surface area contributed by atoms with Gasteiger partial charge in [-0.25, -0.2) is 0 Å². The Morgan fingerprint density at radius 2 is 1.35 bits per heavy atom. The SMILES string of the molecule is CO[Si](C)(O)O[Si](C)(OC)O[Si](O)(CCCOc1ccc(C(C)(C)c2ccccc2)cc1)OC. The van der Waals surface area contributed by atoms with Gasteiger partial charge in [0.25, 0.3) is 0 Å². The zero-order chi connectivity index (χ0) is 25.5. The van der Waals surface area contributed by atoms with Crippen LogP contribution in [0.1, 0.15) is 31.4 Å². The fourth-order valence-electron chi connectivity index (χ4n) is 3.45. The first-order valence-electron chi connectivity index (χ1n) is 11.2. The van der Waals surface area contributed by atoms with Gasteiger partial charge in [-0.3, -0.25) is 0 Å². The fraction of sp³-hybridized carbons (Fsp3) is 0.478. The summed E-state index contributed by atoms with van der Waals surface area (Å²) >= 11 is 0. The molecule has 3 atom stereocenters. The summed E-state index contributed by atoms with van der Waals surface area (Å²) in [6, 6.07) is 18.7. The van der Waals surface area contributed by atoms with Gasteiger partial charge in [-0.2, -0.15) is 0 Å². The summed E-state index contributed by atoms with van der Waals surface area (Å²) < 4.78 is 33.0. The molecule has 8 nitrogen and oxygen atoms in total. The molecule has 0 saturated heterocycles. The second-order valence-electron chi connectivity index (χ2n) is 8.76. The average molecular weight is 527 g/mol. The molecule has 0 aromatic heterocycles. The highest BCUT2D eigenvalue weighted by molar-refractivity contribution is 6.79. The Bertz CT molecular complexity index is 882. The minimum Gasteiger partial charge on any atom is -0.494 e. The van der Waals surface area contributed by atoms with Crippen molar-refractivity contribution in [2.45, 2.75) is 44.8 Å². The molecule has 0 aliphatic carbocycles. The quantitative estimate of drug-likeness (QED) is 0.283. The summed E-state index contributed by atoms with van der Waals surface area (Å²) in [7, 11) is -6.28. The highest BCUT2D eigenvalue weighted by atomic mass is 28.5. The number of benzene rings is 2. The summed E-state index contributed by atoms with van der Waals surface area (Å²) in [4.78, 5) is 21.1. The van der Waals surface area contributed by atoms with E-state index in [1.807, 2.05) is 18.2 Å². The van der Waals surface area contributed by atoms with Crippen LogP contribution in [0.15, 0.2) is 54.6 Å². The van der Waals surface area contributed by atoms with Gasteiger partial charge in [0.2, 0.25) is 0 Å². The van der Waals surface area contributed by atoms with Gasteiger partial charge in [0, 0.05) is 45.9 Å². The molecule has 34 heavy (non-hydrogen) atoms. The highest BCUT2D eigenvalue weighted by Crippen LogP contribution is 2.32. The number of ether oxygens (including phenoxy) is 1. The van der Waals surface area contributed by atoms with Gasteiger partial charge in [-0.05, 0) is 29.7 Å². The largest absolute Gasteiger partial charge is 0.494 e. The Labute approximate surface area is 206 Å². The standard InChI is InChI=1S/C23H38O8Si3/c1-23(2,20-12-9-8-10-13-20)21-14-16-22(17-15-21)29-18-11-19-34(25,28-5)31-33(7,27-4)30-32(6,24)26-3/h8-10,12-17,24-25H,11,18-19H2,1-7H3. The molecule has 0 spiro atoms. The molecule has 0 bridgehead atoms. The maximum Gasteiger partial charge on any atom is 0.490 e. The van der Waals surface area contributed by atoms with Crippen LogP contribution in [0.3, 0.4) is 0 Å². The van der Waals surface area contributed by atoms with Crippen molar-refractivity contribution in [2.24, 2.45) is 0 Å². The summed E-state index contributed by atoms with van der Waals surface area (Å²) in [5.74, 6) is 0.748. The molecule has 2 rings (SSSR count). The Balaban J connectivity index is 1.92. The Hall–Kier alpha value is -1.39. The van der Waals surface area contributed by atoms with Crippen LogP contribution in [0.2, 0.25) is 19.1 Å². The molecule has 0 radical (unpaired) electrons. The first-order valence-corrected chi connectivity index (χ1v) is 17.6. The number of rotatable bonds is 14. The maximum absolute atomic E-state index is 10.9. The zero-order valence-corrected chi connectivity index (χ0v) is 24.2. The molecule has 2 aromatic rings. The molecular weight excluding hydrogens is 489 g/mol. The minimum absolute atomic E-state index is 0.117. The van der Waals surface area contributed by atoms with Crippen LogP contribution in [0.25, 0.3) is 0 Å². The van der Waals surface area contributed by atoms with Crippen LogP contribution in [-0.2, 0) is 26.9 Å². The summed E-state index contributed by atoms with van der Waals surface area (Å²) in [5.41, 5.74) is 2.33. The topological polar surface area (TPSA) is 95.8 Å². The van der Waals surface area contributed by atoms with Crippen LogP contribution in [0, 0.1) is 0 Å². The first kappa shape index (κ1) is 28.8. The molecular formula is C23H38O8Si3. The second kappa shape index (κ2) is 12.0. The van der Waals surface area contributed by atoms with Gasteiger partial charge in [-0.15, -0.1) is 0 Å². The van der Waals surface area contributed by atoms with E-state index in [1.54, 1.807) is 6.55 Å². The minimum atomic E-state index is -3.61. The lowest BCUT2D eigenvalue weighted by Gasteiger charge is -2.35. The molecule has 11 heteroatoms. The van der Waals surface area contributed by atoms with E-state index in [0.717, 1.165) is 5.75 Å². The van der Waals surface area contributed by atoms with Gasteiger partial charge in [0.1, 0.15) is 5.75 Å². The zero-order valence-electron chi connectivity index (χ0n) is 21.2. The van der Waals surface area contributed by atoms with Crippen molar-refractivity contribution in [3.63, 3.8) is 0 Å². The van der Waals surface area contributed by atoms with E-state index in [1.165, 1.54) is 39.0 Å². The van der Waals surface area contributed by atoms with E-state index in [2.05, 4.69) is 50.2 Å². The molecule has 0 heterocycles. The smallest absolute Gasteiger partial charge is 0.490 e. The molecule has 2 N–H and O–H groups in total. The number of hydrogen-bond donors (Lipinski definition) is 2. The predicted molar refractivity (Wildman–Crippen MR) is 137 cm³/mol. The summed E-state index contributed by atoms with van der Waals surface area (Å²) in [6.07, 6.45) is 0.500. The average Bonchev–Trinajstić information content (AvgIpc) is 2.82. The lowest BCUT2D eigenvalue weighted by atomic mass is 9.78. The molecule has 0 fully saturated rings. The van der Waals surface area contributed by atoms with Crippen LogP contribution < -0.4 is 4.74 Å². The molecule has 0 aliphatic rings. The van der Waals surface area contributed by atoms with Crippen molar-refractivity contribution in [1.82, 2.24) is 0 Å². The van der Waals surface area contributed by atoms with Crippen LogP contribution >= 0.6 is 0 Å². The van der Waals surface area contributed by atoms with Crippen molar-refractivity contribution >= 4 is 26.4 Å². The van der Waals surface area contributed by atoms with Crippen molar-refractivity contribution in [3.05, 3.63) is 65.7 Å². The van der Waals surface area contributed by atoms with E-state index < -0.39 is 26.4 Å². The van der Waals surface area contributed by atoms with Gasteiger partial charge in [0.15, 0.2) is 0 Å². The van der Waals surface area contributed by atoms with Crippen molar-refractivity contribution in [2.75, 3.05) is 27.9 Å². The Morgan fingerprint density at radius 1 is 0.765 bits per heavy atom. The van der Waals surface area contributed by atoms with E-state index in [-0.39, 0.29) is 11.5 Å². The third-order valence-electron chi connectivity index (χ3n) is 5.77. The summed E-state index contributed by atoms with van der Waals surface area (Å²) in [5, 5.41) is 0. The predicted octanol–water partition coefficient (Wildman–Crippen LogP) is 3.81. The van der Waals surface area contributed by atoms with Gasteiger partial charge in [0.05, 0.1) is 6.61 Å². The van der Waals surface area contributed by atoms with Gasteiger partial charge >= 0.3 is 26.4 Å². The van der Waals surface area contributed by atoms with Crippen LogP contribution in [-0.4, -0.2) is 63.9 Å². The molecule has 0 amide bonds. The normalized spacial score (nSPS) is 17.4. The first-order chi connectivity index (χ1) is 15.9. The van der Waals surface area contributed by atoms with E-state index in [4.69, 9.17) is 26.2 Å². The second-order valence-corrected chi connectivity index (χ2v) is 17.1. The third kappa shape index (κ3) is 8.09. The molecule has 2 aromatic carbocycles. The Morgan fingerprint density at radius 3 is 1.88 bits per heavy atom. The van der Waals surface area contributed by atoms with E-state index in [9.17, 15) is 9.59 Å². The van der Waals surface area contributed by atoms with Gasteiger partial charge in [-0.1, -0.05) is 56.3 Å². The van der Waals surface area contributed by atoms with Gasteiger partial charge < -0.3 is 35.8 Å². The molecule has 3 unspecified atom stereocenters. The Kier molecular flexibility index (Phi) is 10.2.